The molecule has 0 amide bonds. The Bertz CT molecular complexity index is 176. The Morgan fingerprint density at radius 3 is 2.88 bits per heavy atom. The summed E-state index contributed by atoms with van der Waals surface area (Å²) < 4.78 is 0. The van der Waals surface area contributed by atoms with Crippen molar-refractivity contribution in [2.24, 2.45) is 5.73 Å². The van der Waals surface area contributed by atoms with Gasteiger partial charge in [0.15, 0.2) is 0 Å². The zero-order chi connectivity index (χ0) is 5.98. The van der Waals surface area contributed by atoms with Gasteiger partial charge in [0.1, 0.15) is 0 Å². The Balaban J connectivity index is 2.93. The van der Waals surface area contributed by atoms with Crippen LogP contribution in [-0.2, 0) is 0 Å². The summed E-state index contributed by atoms with van der Waals surface area (Å²) in [5.74, 6) is 0. The van der Waals surface area contributed by atoms with Crippen molar-refractivity contribution in [3.63, 3.8) is 0 Å². The number of nitrogens with two attached hydrogens (primary N) is 1. The predicted molar refractivity (Wildman–Crippen MR) is 31.8 cm³/mol. The summed E-state index contributed by atoms with van der Waals surface area (Å²) >= 11 is 0. The third-order valence-corrected chi connectivity index (χ3v) is 0.869. The first-order valence-electron chi connectivity index (χ1n) is 2.24. The molecule has 0 spiro atoms. The molecule has 0 atom stereocenters. The molecule has 42 valence electrons. The number of hydrogen-bond donors (Lipinski definition) is 2. The van der Waals surface area contributed by atoms with Crippen molar-refractivity contribution < 1.29 is 0 Å². The molecule has 3 N–H and O–H groups in total. The summed E-state index contributed by atoms with van der Waals surface area (Å²) in [7, 11) is 0. The number of H-pyrrole nitrogens is 1. The summed E-state index contributed by atoms with van der Waals surface area (Å²) in [6.45, 7) is 3.52. The Morgan fingerprint density at radius 1 is 1.88 bits per heavy atom. The van der Waals surface area contributed by atoms with Gasteiger partial charge in [-0.15, -0.1) is 0 Å². The van der Waals surface area contributed by atoms with Gasteiger partial charge in [-0.25, -0.2) is 0 Å². The highest BCUT2D eigenvalue weighted by Gasteiger charge is 1.89. The van der Waals surface area contributed by atoms with E-state index in [1.165, 1.54) is 0 Å². The van der Waals surface area contributed by atoms with Crippen LogP contribution in [0.2, 0.25) is 0 Å². The van der Waals surface area contributed by atoms with E-state index in [1.54, 1.807) is 12.4 Å². The van der Waals surface area contributed by atoms with E-state index in [9.17, 15) is 0 Å². The highest BCUT2D eigenvalue weighted by atomic mass is 15.1. The molecule has 3 nitrogen and oxygen atoms in total. The van der Waals surface area contributed by atoms with Gasteiger partial charge in [0.05, 0.1) is 6.20 Å². The van der Waals surface area contributed by atoms with Gasteiger partial charge in [-0.3, -0.25) is 5.10 Å². The van der Waals surface area contributed by atoms with Gasteiger partial charge in [0.2, 0.25) is 0 Å². The minimum Gasteiger partial charge on any atom is -0.399 e. The fourth-order valence-electron chi connectivity index (χ4n) is 0.426. The molecule has 8 heavy (non-hydrogen) atoms. The fourth-order valence-corrected chi connectivity index (χ4v) is 0.426. The lowest BCUT2D eigenvalue weighted by Gasteiger charge is -1.86. The highest BCUT2D eigenvalue weighted by Crippen LogP contribution is 1.99. The van der Waals surface area contributed by atoms with Gasteiger partial charge < -0.3 is 5.73 Å². The van der Waals surface area contributed by atoms with E-state index in [0.717, 1.165) is 5.56 Å². The third kappa shape index (κ3) is 0.703. The van der Waals surface area contributed by atoms with Crippen molar-refractivity contribution in [1.29, 1.82) is 0 Å². The number of nitrogens with zero attached hydrogens (tertiary/aromatic N) is 1. The SMILES string of the molecule is C=C(N)c1cn[nH]c1. The molecule has 0 bridgehead atoms. The third-order valence-electron chi connectivity index (χ3n) is 0.869. The summed E-state index contributed by atoms with van der Waals surface area (Å²) in [5.41, 5.74) is 6.70. The van der Waals surface area contributed by atoms with Crippen LogP contribution in [0.5, 0.6) is 0 Å². The smallest absolute Gasteiger partial charge is 0.0580 e. The van der Waals surface area contributed by atoms with Gasteiger partial charge in [0.25, 0.3) is 0 Å². The Labute approximate surface area is 47.2 Å². The molecule has 0 saturated carbocycles. The molecule has 1 heterocycles. The van der Waals surface area contributed by atoms with Crippen LogP contribution in [0, 0.1) is 0 Å². The van der Waals surface area contributed by atoms with Crippen molar-refractivity contribution in [2.75, 3.05) is 0 Å². The average molecular weight is 109 g/mol. The quantitative estimate of drug-likeness (QED) is 0.546. The van der Waals surface area contributed by atoms with Crippen LogP contribution >= 0.6 is 0 Å². The van der Waals surface area contributed by atoms with Crippen molar-refractivity contribution in [3.05, 3.63) is 24.5 Å². The van der Waals surface area contributed by atoms with Crippen molar-refractivity contribution in [2.45, 2.75) is 0 Å². The number of nitrogens with one attached hydrogen (secondary N) is 1. The fraction of sp³-hybridized carbons (Fsp3) is 0. The molecule has 0 aromatic carbocycles. The van der Waals surface area contributed by atoms with Crippen LogP contribution in [-0.4, -0.2) is 10.2 Å². The first kappa shape index (κ1) is 4.90. The standard InChI is InChI=1S/C5H7N3/c1-4(6)5-2-7-8-3-5/h2-3H,1,6H2,(H,7,8). The predicted octanol–water partition coefficient (Wildman–Crippen LogP) is 0.339. The second-order valence-electron chi connectivity index (χ2n) is 1.51. The molecular weight excluding hydrogens is 102 g/mol. The molecule has 1 rings (SSSR count). The van der Waals surface area contributed by atoms with Gasteiger partial charge in [0, 0.05) is 17.5 Å². The molecule has 3 heteroatoms. The highest BCUT2D eigenvalue weighted by molar-refractivity contribution is 5.57. The first-order chi connectivity index (χ1) is 3.80. The molecule has 0 aliphatic heterocycles. The molecule has 1 aromatic rings. The molecule has 0 fully saturated rings. The Kier molecular flexibility index (Phi) is 1.04. The van der Waals surface area contributed by atoms with E-state index in [4.69, 9.17) is 5.73 Å². The van der Waals surface area contributed by atoms with Crippen LogP contribution in [0.4, 0.5) is 0 Å². The normalized spacial score (nSPS) is 9.00. The lowest BCUT2D eigenvalue weighted by atomic mass is 10.3. The molecule has 0 aliphatic rings. The van der Waals surface area contributed by atoms with Crippen LogP contribution in [0.1, 0.15) is 5.56 Å². The molecular formula is C5H7N3. The molecule has 0 aliphatic carbocycles. The van der Waals surface area contributed by atoms with Crippen LogP contribution in [0.3, 0.4) is 0 Å². The van der Waals surface area contributed by atoms with Gasteiger partial charge in [-0.1, -0.05) is 6.58 Å². The maximum Gasteiger partial charge on any atom is 0.0580 e. The van der Waals surface area contributed by atoms with E-state index in [1.807, 2.05) is 0 Å². The topological polar surface area (TPSA) is 54.7 Å². The number of aromatic amines is 1. The van der Waals surface area contributed by atoms with Crippen molar-refractivity contribution in [3.8, 4) is 0 Å². The maximum atomic E-state index is 5.30. The van der Waals surface area contributed by atoms with Crippen molar-refractivity contribution in [1.82, 2.24) is 10.2 Å². The Morgan fingerprint density at radius 2 is 2.62 bits per heavy atom. The average Bonchev–Trinajstić information content (AvgIpc) is 2.12. The minimum absolute atomic E-state index is 0.541. The maximum absolute atomic E-state index is 5.30. The molecule has 1 aromatic heterocycles. The van der Waals surface area contributed by atoms with Gasteiger partial charge >= 0.3 is 0 Å². The monoisotopic (exact) mass is 109 g/mol. The van der Waals surface area contributed by atoms with E-state index < -0.39 is 0 Å². The zero-order valence-corrected chi connectivity index (χ0v) is 4.39. The summed E-state index contributed by atoms with van der Waals surface area (Å²) in [6.07, 6.45) is 3.32. The summed E-state index contributed by atoms with van der Waals surface area (Å²) in [5, 5.41) is 6.30. The lowest BCUT2D eigenvalue weighted by molar-refractivity contribution is 1.09. The minimum atomic E-state index is 0.541. The molecule has 0 radical (unpaired) electrons. The van der Waals surface area contributed by atoms with Crippen molar-refractivity contribution >= 4 is 5.70 Å². The van der Waals surface area contributed by atoms with Gasteiger partial charge in [-0.05, 0) is 0 Å². The number of aromatic nitrogens is 2. The second-order valence-corrected chi connectivity index (χ2v) is 1.51. The van der Waals surface area contributed by atoms with E-state index in [2.05, 4.69) is 16.8 Å². The van der Waals surface area contributed by atoms with Gasteiger partial charge in [-0.2, -0.15) is 5.10 Å². The van der Waals surface area contributed by atoms with E-state index >= 15 is 0 Å². The van der Waals surface area contributed by atoms with Crippen LogP contribution in [0.15, 0.2) is 19.0 Å². The summed E-state index contributed by atoms with van der Waals surface area (Å²) in [6, 6.07) is 0. The van der Waals surface area contributed by atoms with E-state index in [-0.39, 0.29) is 0 Å². The number of hydrogen-bond acceptors (Lipinski definition) is 2. The largest absolute Gasteiger partial charge is 0.399 e. The van der Waals surface area contributed by atoms with Crippen LogP contribution in [0.25, 0.3) is 5.70 Å². The molecule has 0 saturated heterocycles. The second kappa shape index (κ2) is 1.69. The van der Waals surface area contributed by atoms with E-state index in [0.29, 0.717) is 5.70 Å². The number of rotatable bonds is 1. The Hall–Kier alpha value is -1.25. The first-order valence-corrected chi connectivity index (χ1v) is 2.24. The van der Waals surface area contributed by atoms with Crippen LogP contribution < -0.4 is 5.73 Å². The zero-order valence-electron chi connectivity index (χ0n) is 4.39. The molecule has 0 unspecified atom stereocenters. The lowest BCUT2D eigenvalue weighted by Crippen LogP contribution is -1.90. The summed E-state index contributed by atoms with van der Waals surface area (Å²) in [4.78, 5) is 0.